The first-order chi connectivity index (χ1) is 14.5. The average Bonchev–Trinajstić information content (AvgIpc) is 2.73. The van der Waals surface area contributed by atoms with E-state index < -0.39 is 0 Å². The number of anilines is 1. The number of para-hydroxylation sites is 1. The summed E-state index contributed by atoms with van der Waals surface area (Å²) in [6, 6.07) is 23.6. The quantitative estimate of drug-likeness (QED) is 0.401. The van der Waals surface area contributed by atoms with E-state index in [4.69, 9.17) is 11.6 Å². The lowest BCUT2D eigenvalue weighted by Gasteiger charge is -2.15. The van der Waals surface area contributed by atoms with Gasteiger partial charge < -0.3 is 10.6 Å². The molecule has 3 rings (SSSR count). The molecule has 0 saturated carbocycles. The Morgan fingerprint density at radius 1 is 0.867 bits per heavy atom. The van der Waals surface area contributed by atoms with Crippen LogP contribution in [0.1, 0.15) is 35.3 Å². The van der Waals surface area contributed by atoms with Crippen LogP contribution in [0.3, 0.4) is 0 Å². The predicted molar refractivity (Wildman–Crippen MR) is 123 cm³/mol. The summed E-state index contributed by atoms with van der Waals surface area (Å²) in [6.07, 6.45) is 1.75. The summed E-state index contributed by atoms with van der Waals surface area (Å²) in [6.45, 7) is 3.78. The summed E-state index contributed by atoms with van der Waals surface area (Å²) in [7, 11) is 0. The molecule has 0 unspecified atom stereocenters. The van der Waals surface area contributed by atoms with Gasteiger partial charge in [0.1, 0.15) is 0 Å². The van der Waals surface area contributed by atoms with Gasteiger partial charge >= 0.3 is 0 Å². The van der Waals surface area contributed by atoms with Crippen LogP contribution in [0.5, 0.6) is 0 Å². The lowest BCUT2D eigenvalue weighted by molar-refractivity contribution is -0.111. The molecule has 0 heterocycles. The van der Waals surface area contributed by atoms with Gasteiger partial charge in [-0.1, -0.05) is 72.3 Å². The average molecular weight is 419 g/mol. The van der Waals surface area contributed by atoms with Gasteiger partial charge in [-0.05, 0) is 49.2 Å². The molecule has 30 heavy (non-hydrogen) atoms. The van der Waals surface area contributed by atoms with Gasteiger partial charge in [0.2, 0.25) is 0 Å². The molecule has 0 aliphatic heterocycles. The second-order valence-electron chi connectivity index (χ2n) is 7.07. The second-order valence-corrected chi connectivity index (χ2v) is 7.48. The monoisotopic (exact) mass is 418 g/mol. The van der Waals surface area contributed by atoms with E-state index in [1.165, 1.54) is 0 Å². The standard InChI is InChI=1S/C25H23ClN2O2/c1-17(2)27-24(29)20-13-7-9-15-23(20)28-25(30)21(18-10-4-3-5-11-18)16-19-12-6-8-14-22(19)26/h3-17H,1-2H3,(H,27,29)(H,28,30)/b21-16+. The first-order valence-corrected chi connectivity index (χ1v) is 10.1. The molecule has 0 spiro atoms. The Labute approximate surface area is 181 Å². The van der Waals surface area contributed by atoms with E-state index in [-0.39, 0.29) is 17.9 Å². The zero-order valence-corrected chi connectivity index (χ0v) is 17.6. The number of benzene rings is 3. The molecule has 2 amide bonds. The van der Waals surface area contributed by atoms with Crippen LogP contribution >= 0.6 is 11.6 Å². The van der Waals surface area contributed by atoms with Gasteiger partial charge in [-0.2, -0.15) is 0 Å². The van der Waals surface area contributed by atoms with E-state index in [9.17, 15) is 9.59 Å². The fraction of sp³-hybridized carbons (Fsp3) is 0.120. The minimum Gasteiger partial charge on any atom is -0.350 e. The van der Waals surface area contributed by atoms with Crippen LogP contribution in [0.15, 0.2) is 78.9 Å². The van der Waals surface area contributed by atoms with Crippen molar-refractivity contribution >= 4 is 40.8 Å². The van der Waals surface area contributed by atoms with E-state index >= 15 is 0 Å². The molecule has 3 aromatic carbocycles. The highest BCUT2D eigenvalue weighted by Crippen LogP contribution is 2.25. The molecular weight excluding hydrogens is 396 g/mol. The van der Waals surface area contributed by atoms with Crippen LogP contribution in [-0.2, 0) is 4.79 Å². The SMILES string of the molecule is CC(C)NC(=O)c1ccccc1NC(=O)/C(=C/c1ccccc1Cl)c1ccccc1. The van der Waals surface area contributed by atoms with Crippen molar-refractivity contribution in [3.05, 3.63) is 101 Å². The largest absolute Gasteiger partial charge is 0.350 e. The Balaban J connectivity index is 1.98. The summed E-state index contributed by atoms with van der Waals surface area (Å²) in [4.78, 5) is 25.8. The molecule has 0 aliphatic carbocycles. The van der Waals surface area contributed by atoms with Crippen molar-refractivity contribution in [1.82, 2.24) is 5.32 Å². The fourth-order valence-electron chi connectivity index (χ4n) is 2.97. The van der Waals surface area contributed by atoms with Crippen LogP contribution in [0.2, 0.25) is 5.02 Å². The van der Waals surface area contributed by atoms with E-state index in [0.717, 1.165) is 11.1 Å². The zero-order chi connectivity index (χ0) is 21.5. The highest BCUT2D eigenvalue weighted by molar-refractivity contribution is 6.34. The number of hydrogen-bond donors (Lipinski definition) is 2. The van der Waals surface area contributed by atoms with Gasteiger partial charge in [0.25, 0.3) is 11.8 Å². The molecule has 0 aliphatic rings. The molecule has 3 aromatic rings. The first-order valence-electron chi connectivity index (χ1n) is 9.68. The molecule has 2 N–H and O–H groups in total. The lowest BCUT2D eigenvalue weighted by Crippen LogP contribution is -2.31. The third-order valence-electron chi connectivity index (χ3n) is 4.37. The van der Waals surface area contributed by atoms with Crippen molar-refractivity contribution < 1.29 is 9.59 Å². The summed E-state index contributed by atoms with van der Waals surface area (Å²) >= 11 is 6.31. The second kappa shape index (κ2) is 9.90. The number of halogens is 1. The predicted octanol–water partition coefficient (Wildman–Crippen LogP) is 5.66. The highest BCUT2D eigenvalue weighted by Gasteiger charge is 2.17. The van der Waals surface area contributed by atoms with Gasteiger partial charge in [-0.25, -0.2) is 0 Å². The summed E-state index contributed by atoms with van der Waals surface area (Å²) in [5.74, 6) is -0.567. The molecule has 0 bridgehead atoms. The highest BCUT2D eigenvalue weighted by atomic mass is 35.5. The van der Waals surface area contributed by atoms with E-state index in [1.807, 2.05) is 62.4 Å². The van der Waals surface area contributed by atoms with Crippen molar-refractivity contribution in [2.24, 2.45) is 0 Å². The van der Waals surface area contributed by atoms with Crippen molar-refractivity contribution in [2.75, 3.05) is 5.32 Å². The Bertz CT molecular complexity index is 1080. The minimum atomic E-state index is -0.328. The van der Waals surface area contributed by atoms with Crippen LogP contribution in [0.4, 0.5) is 5.69 Å². The Morgan fingerprint density at radius 2 is 1.50 bits per heavy atom. The minimum absolute atomic E-state index is 0.0127. The molecule has 0 aromatic heterocycles. The normalized spacial score (nSPS) is 11.3. The van der Waals surface area contributed by atoms with Crippen molar-refractivity contribution in [3.63, 3.8) is 0 Å². The number of carbonyl (C=O) groups excluding carboxylic acids is 2. The molecule has 0 radical (unpaired) electrons. The first kappa shape index (κ1) is 21.3. The number of carbonyl (C=O) groups is 2. The number of nitrogens with one attached hydrogen (secondary N) is 2. The Morgan fingerprint density at radius 3 is 2.20 bits per heavy atom. The molecule has 0 atom stereocenters. The van der Waals surface area contributed by atoms with Gasteiger partial charge in [0.15, 0.2) is 0 Å². The van der Waals surface area contributed by atoms with Crippen molar-refractivity contribution in [2.45, 2.75) is 19.9 Å². The summed E-state index contributed by atoms with van der Waals surface area (Å²) in [5, 5.41) is 6.30. The number of amides is 2. The van der Waals surface area contributed by atoms with Gasteiger partial charge in [-0.3, -0.25) is 9.59 Å². The van der Waals surface area contributed by atoms with Crippen LogP contribution in [0.25, 0.3) is 11.6 Å². The Kier molecular flexibility index (Phi) is 7.04. The van der Waals surface area contributed by atoms with E-state index in [1.54, 1.807) is 36.4 Å². The third-order valence-corrected chi connectivity index (χ3v) is 4.72. The third kappa shape index (κ3) is 5.37. The molecule has 152 valence electrons. The van der Waals surface area contributed by atoms with Crippen molar-refractivity contribution in [1.29, 1.82) is 0 Å². The van der Waals surface area contributed by atoms with Crippen LogP contribution in [-0.4, -0.2) is 17.9 Å². The molecular formula is C25H23ClN2O2. The van der Waals surface area contributed by atoms with Crippen LogP contribution < -0.4 is 10.6 Å². The smallest absolute Gasteiger partial charge is 0.256 e. The summed E-state index contributed by atoms with van der Waals surface area (Å²) in [5.41, 5.74) is 2.78. The maximum atomic E-state index is 13.3. The molecule has 4 nitrogen and oxygen atoms in total. The van der Waals surface area contributed by atoms with Gasteiger partial charge in [-0.15, -0.1) is 0 Å². The van der Waals surface area contributed by atoms with E-state index in [2.05, 4.69) is 10.6 Å². The molecule has 5 heteroatoms. The maximum Gasteiger partial charge on any atom is 0.256 e. The maximum absolute atomic E-state index is 13.3. The number of rotatable bonds is 6. The van der Waals surface area contributed by atoms with Gasteiger partial charge in [0, 0.05) is 16.6 Å². The summed E-state index contributed by atoms with van der Waals surface area (Å²) < 4.78 is 0. The lowest BCUT2D eigenvalue weighted by atomic mass is 10.0. The molecule has 0 saturated heterocycles. The van der Waals surface area contributed by atoms with Crippen molar-refractivity contribution in [3.8, 4) is 0 Å². The molecule has 0 fully saturated rings. The van der Waals surface area contributed by atoms with E-state index in [0.29, 0.717) is 21.8 Å². The number of hydrogen-bond acceptors (Lipinski definition) is 2. The fourth-order valence-corrected chi connectivity index (χ4v) is 3.16. The van der Waals surface area contributed by atoms with Gasteiger partial charge in [0.05, 0.1) is 11.3 Å². The zero-order valence-electron chi connectivity index (χ0n) is 16.9. The topological polar surface area (TPSA) is 58.2 Å². The van der Waals surface area contributed by atoms with Crippen LogP contribution in [0, 0.1) is 0 Å². The Hall–Kier alpha value is -3.37.